The molecule has 0 aliphatic carbocycles. The van der Waals surface area contributed by atoms with Crippen molar-refractivity contribution in [2.24, 2.45) is 0 Å². The van der Waals surface area contributed by atoms with E-state index in [9.17, 15) is 9.59 Å². The molecule has 208 valence electrons. The molecular formula is C32H34N2O5S. The van der Waals surface area contributed by atoms with Crippen molar-refractivity contribution in [2.45, 2.75) is 32.7 Å². The van der Waals surface area contributed by atoms with Crippen LogP contribution in [-0.4, -0.2) is 60.3 Å². The fraction of sp³-hybridized carbons (Fsp3) is 0.312. The minimum absolute atomic E-state index is 0.103. The van der Waals surface area contributed by atoms with Crippen molar-refractivity contribution >= 4 is 33.3 Å². The van der Waals surface area contributed by atoms with Crippen LogP contribution in [0.3, 0.4) is 0 Å². The Kier molecular flexibility index (Phi) is 8.67. The molecule has 5 rings (SSSR count). The smallest absolute Gasteiger partial charge is 0.303 e. The quantitative estimate of drug-likeness (QED) is 0.226. The standard InChI is InChI=1S/C32H34N2O5S/c1-22(35)34-16-15-33(21-34)20-25-10-9-23(19-29(25)38-2)18-28-27-6-3-4-7-30(27)40-32(28)24-11-13-26(14-12-24)39-17-5-8-31(36)37/h3-4,6-7,9-14,19H,5,8,15-18,20-21H2,1-2H3,(H,36,37). The van der Waals surface area contributed by atoms with Gasteiger partial charge in [-0.3, -0.25) is 14.5 Å². The van der Waals surface area contributed by atoms with Gasteiger partial charge in [-0.1, -0.05) is 30.3 Å². The van der Waals surface area contributed by atoms with E-state index in [-0.39, 0.29) is 12.3 Å². The lowest BCUT2D eigenvalue weighted by molar-refractivity contribution is -0.137. The maximum Gasteiger partial charge on any atom is 0.303 e. The lowest BCUT2D eigenvalue weighted by Crippen LogP contribution is -2.28. The first-order valence-electron chi connectivity index (χ1n) is 13.5. The number of thiophene rings is 1. The zero-order valence-electron chi connectivity index (χ0n) is 22.9. The van der Waals surface area contributed by atoms with Gasteiger partial charge in [-0.05, 0) is 71.3 Å². The van der Waals surface area contributed by atoms with Gasteiger partial charge < -0.3 is 19.5 Å². The summed E-state index contributed by atoms with van der Waals surface area (Å²) in [5.74, 6) is 0.906. The average Bonchev–Trinajstić information content (AvgIpc) is 3.57. The summed E-state index contributed by atoms with van der Waals surface area (Å²) >= 11 is 1.79. The van der Waals surface area contributed by atoms with Crippen LogP contribution in [0.4, 0.5) is 0 Å². The number of aliphatic carboxylic acids is 1. The van der Waals surface area contributed by atoms with Crippen LogP contribution in [0.2, 0.25) is 0 Å². The highest BCUT2D eigenvalue weighted by Crippen LogP contribution is 2.40. The highest BCUT2D eigenvalue weighted by atomic mass is 32.1. The summed E-state index contributed by atoms with van der Waals surface area (Å²) in [4.78, 5) is 27.8. The molecule has 7 nitrogen and oxygen atoms in total. The number of carboxylic acids is 1. The van der Waals surface area contributed by atoms with Crippen molar-refractivity contribution in [3.05, 3.63) is 83.4 Å². The Hall–Kier alpha value is -3.88. The van der Waals surface area contributed by atoms with Crippen molar-refractivity contribution in [3.8, 4) is 21.9 Å². The van der Waals surface area contributed by atoms with Gasteiger partial charge in [-0.15, -0.1) is 11.3 Å². The number of hydrogen-bond acceptors (Lipinski definition) is 6. The van der Waals surface area contributed by atoms with E-state index in [1.165, 1.54) is 26.1 Å². The van der Waals surface area contributed by atoms with Gasteiger partial charge in [0, 0.05) is 48.1 Å². The number of nitrogens with zero attached hydrogens (tertiary/aromatic N) is 2. The molecule has 1 aliphatic rings. The molecule has 3 aromatic carbocycles. The monoisotopic (exact) mass is 558 g/mol. The number of fused-ring (bicyclic) bond motifs is 1. The van der Waals surface area contributed by atoms with Crippen LogP contribution in [0.5, 0.6) is 11.5 Å². The molecule has 1 amide bonds. The predicted molar refractivity (Wildman–Crippen MR) is 158 cm³/mol. The number of rotatable bonds is 11. The van der Waals surface area contributed by atoms with Gasteiger partial charge in [0.15, 0.2) is 0 Å². The molecule has 1 N–H and O–H groups in total. The van der Waals surface area contributed by atoms with Crippen molar-refractivity contribution in [3.63, 3.8) is 0 Å². The second-order valence-corrected chi connectivity index (χ2v) is 11.1. The first-order chi connectivity index (χ1) is 19.4. The van der Waals surface area contributed by atoms with E-state index >= 15 is 0 Å². The fourth-order valence-corrected chi connectivity index (χ4v) is 6.36. The molecule has 1 aromatic heterocycles. The topological polar surface area (TPSA) is 79.3 Å². The molecular weight excluding hydrogens is 524 g/mol. The lowest BCUT2D eigenvalue weighted by Gasteiger charge is -2.19. The van der Waals surface area contributed by atoms with Crippen LogP contribution < -0.4 is 9.47 Å². The Labute approximate surface area is 238 Å². The van der Waals surface area contributed by atoms with Crippen LogP contribution in [0, 0.1) is 0 Å². The second kappa shape index (κ2) is 12.5. The van der Waals surface area contributed by atoms with Crippen LogP contribution in [0.25, 0.3) is 20.5 Å². The normalized spacial score (nSPS) is 13.6. The number of carbonyl (C=O) groups excluding carboxylic acids is 1. The molecule has 0 unspecified atom stereocenters. The molecule has 0 bridgehead atoms. The van der Waals surface area contributed by atoms with E-state index in [2.05, 4.69) is 59.5 Å². The van der Waals surface area contributed by atoms with Crippen molar-refractivity contribution in [1.29, 1.82) is 0 Å². The van der Waals surface area contributed by atoms with Crippen LogP contribution in [0.1, 0.15) is 36.5 Å². The SMILES string of the molecule is COc1cc(Cc2c(-c3ccc(OCCCC(=O)O)cc3)sc3ccccc23)ccc1CN1CCN(C(C)=O)C1. The number of hydrogen-bond donors (Lipinski definition) is 1. The zero-order chi connectivity index (χ0) is 28.1. The van der Waals surface area contributed by atoms with Gasteiger partial charge in [0.1, 0.15) is 11.5 Å². The Balaban J connectivity index is 1.36. The van der Waals surface area contributed by atoms with E-state index < -0.39 is 5.97 Å². The van der Waals surface area contributed by atoms with Gasteiger partial charge in [-0.25, -0.2) is 0 Å². The Morgan fingerprint density at radius 3 is 2.55 bits per heavy atom. The number of carboxylic acid groups (broad SMARTS) is 1. The summed E-state index contributed by atoms with van der Waals surface area (Å²) in [5.41, 5.74) is 4.70. The minimum atomic E-state index is -0.809. The summed E-state index contributed by atoms with van der Waals surface area (Å²) < 4.78 is 12.8. The van der Waals surface area contributed by atoms with Crippen molar-refractivity contribution < 1.29 is 24.2 Å². The van der Waals surface area contributed by atoms with Crippen molar-refractivity contribution in [1.82, 2.24) is 9.80 Å². The molecule has 0 radical (unpaired) electrons. The minimum Gasteiger partial charge on any atom is -0.496 e. The number of methoxy groups -OCH3 is 1. The summed E-state index contributed by atoms with van der Waals surface area (Å²) in [7, 11) is 1.71. The van der Waals surface area contributed by atoms with Gasteiger partial charge in [0.2, 0.25) is 5.91 Å². The van der Waals surface area contributed by atoms with Gasteiger partial charge in [0.05, 0.1) is 20.4 Å². The molecule has 1 aliphatic heterocycles. The molecule has 0 atom stereocenters. The molecule has 1 fully saturated rings. The first-order valence-corrected chi connectivity index (χ1v) is 14.3. The highest BCUT2D eigenvalue weighted by molar-refractivity contribution is 7.22. The Bertz CT molecular complexity index is 1500. The lowest BCUT2D eigenvalue weighted by atomic mass is 9.97. The molecule has 1 saturated heterocycles. The Morgan fingerprint density at radius 1 is 1.02 bits per heavy atom. The molecule has 40 heavy (non-hydrogen) atoms. The summed E-state index contributed by atoms with van der Waals surface area (Å²) in [6, 6.07) is 23.0. The predicted octanol–water partition coefficient (Wildman–Crippen LogP) is 6.03. The van der Waals surface area contributed by atoms with Crippen LogP contribution in [-0.2, 0) is 22.6 Å². The molecule has 4 aromatic rings. The third kappa shape index (κ3) is 6.46. The largest absolute Gasteiger partial charge is 0.496 e. The van der Waals surface area contributed by atoms with E-state index in [4.69, 9.17) is 14.6 Å². The molecule has 0 spiro atoms. The number of carbonyl (C=O) groups is 2. The fourth-order valence-electron chi connectivity index (χ4n) is 5.13. The van der Waals surface area contributed by atoms with Crippen LogP contribution in [0.15, 0.2) is 66.7 Å². The van der Waals surface area contributed by atoms with E-state index in [0.717, 1.165) is 48.7 Å². The van der Waals surface area contributed by atoms with Crippen molar-refractivity contribution in [2.75, 3.05) is 33.5 Å². The molecule has 0 saturated carbocycles. The summed E-state index contributed by atoms with van der Waals surface area (Å²) in [6.45, 7) is 5.02. The second-order valence-electron chi connectivity index (χ2n) is 10.1. The number of ether oxygens (including phenoxy) is 2. The maximum absolute atomic E-state index is 11.7. The van der Waals surface area contributed by atoms with Crippen LogP contribution >= 0.6 is 11.3 Å². The first kappa shape index (κ1) is 27.7. The third-order valence-electron chi connectivity index (χ3n) is 7.25. The average molecular weight is 559 g/mol. The van der Waals surface area contributed by atoms with E-state index in [1.54, 1.807) is 25.4 Å². The Morgan fingerprint density at radius 2 is 1.82 bits per heavy atom. The highest BCUT2D eigenvalue weighted by Gasteiger charge is 2.23. The van der Waals surface area contributed by atoms with Gasteiger partial charge in [0.25, 0.3) is 0 Å². The summed E-state index contributed by atoms with van der Waals surface area (Å²) in [6.07, 6.45) is 1.35. The van der Waals surface area contributed by atoms with E-state index in [1.807, 2.05) is 17.0 Å². The molecule has 8 heteroatoms. The summed E-state index contributed by atoms with van der Waals surface area (Å²) in [5, 5.41) is 10.1. The van der Waals surface area contributed by atoms with Gasteiger partial charge >= 0.3 is 5.97 Å². The number of benzene rings is 3. The third-order valence-corrected chi connectivity index (χ3v) is 8.51. The zero-order valence-corrected chi connectivity index (χ0v) is 23.7. The molecule has 2 heterocycles. The van der Waals surface area contributed by atoms with Gasteiger partial charge in [-0.2, -0.15) is 0 Å². The maximum atomic E-state index is 11.7. The van der Waals surface area contributed by atoms with E-state index in [0.29, 0.717) is 19.7 Å². The number of amides is 1.